The fourth-order valence-corrected chi connectivity index (χ4v) is 1.12. The molecule has 15 heavy (non-hydrogen) atoms. The molecular weight excluding hydrogens is 212 g/mol. The fraction of sp³-hybridized carbons (Fsp3) is 0.700. The van der Waals surface area contributed by atoms with Crippen LogP contribution in [0.2, 0.25) is 0 Å². The molecule has 0 aliphatic carbocycles. The summed E-state index contributed by atoms with van der Waals surface area (Å²) in [4.78, 5) is -0.237. The summed E-state index contributed by atoms with van der Waals surface area (Å²) in [7, 11) is -3.42. The van der Waals surface area contributed by atoms with Gasteiger partial charge in [0.05, 0.1) is 0 Å². The van der Waals surface area contributed by atoms with Gasteiger partial charge in [0.1, 0.15) is 6.07 Å². The minimum Gasteiger partial charge on any atom is -0.386 e. The Labute approximate surface area is 91.9 Å². The van der Waals surface area contributed by atoms with Crippen molar-refractivity contribution in [2.24, 2.45) is 5.41 Å². The molecule has 0 saturated carbocycles. The van der Waals surface area contributed by atoms with Gasteiger partial charge in [0, 0.05) is 18.5 Å². The van der Waals surface area contributed by atoms with Gasteiger partial charge in [0.25, 0.3) is 0 Å². The first-order valence-corrected chi connectivity index (χ1v) is 6.54. The second-order valence-electron chi connectivity index (χ2n) is 4.65. The number of hydrogen-bond donors (Lipinski definition) is 1. The molecule has 4 nitrogen and oxygen atoms in total. The molecule has 0 aromatic carbocycles. The van der Waals surface area contributed by atoms with Gasteiger partial charge in [-0.3, -0.25) is 0 Å². The Bertz CT molecular complexity index is 383. The number of nitriles is 1. The molecule has 0 spiro atoms. The van der Waals surface area contributed by atoms with Crippen molar-refractivity contribution in [3.05, 3.63) is 11.1 Å². The summed E-state index contributed by atoms with van der Waals surface area (Å²) in [6.45, 7) is 8.04. The first kappa shape index (κ1) is 14.0. The summed E-state index contributed by atoms with van der Waals surface area (Å²) in [6, 6.07) is 1.75. The van der Waals surface area contributed by atoms with Gasteiger partial charge in [-0.1, -0.05) is 20.8 Å². The SMILES string of the molecule is CC(NC=C(C#N)S(C)(=O)=O)C(C)(C)C. The van der Waals surface area contributed by atoms with Gasteiger partial charge in [0.15, 0.2) is 14.7 Å². The minimum atomic E-state index is -3.42. The Hall–Kier alpha value is -1.02. The van der Waals surface area contributed by atoms with E-state index in [0.717, 1.165) is 6.26 Å². The van der Waals surface area contributed by atoms with Crippen molar-refractivity contribution in [3.8, 4) is 6.07 Å². The monoisotopic (exact) mass is 230 g/mol. The molecule has 5 heteroatoms. The maximum atomic E-state index is 11.1. The maximum absolute atomic E-state index is 11.1. The zero-order chi connectivity index (χ0) is 12.3. The van der Waals surface area contributed by atoms with E-state index in [0.29, 0.717) is 0 Å². The third kappa shape index (κ3) is 4.84. The molecule has 0 radical (unpaired) electrons. The summed E-state index contributed by atoms with van der Waals surface area (Å²) in [5.41, 5.74) is 0.00850. The van der Waals surface area contributed by atoms with Crippen molar-refractivity contribution in [2.75, 3.05) is 6.26 Å². The van der Waals surface area contributed by atoms with Crippen LogP contribution in [0.5, 0.6) is 0 Å². The molecule has 1 N–H and O–H groups in total. The molecule has 0 aliphatic rings. The summed E-state index contributed by atoms with van der Waals surface area (Å²) in [6.07, 6.45) is 2.29. The number of rotatable bonds is 3. The molecule has 0 heterocycles. The van der Waals surface area contributed by atoms with Crippen molar-refractivity contribution in [2.45, 2.75) is 33.7 Å². The second-order valence-corrected chi connectivity index (χ2v) is 6.63. The highest BCUT2D eigenvalue weighted by Gasteiger charge is 2.19. The van der Waals surface area contributed by atoms with Gasteiger partial charge in [-0.15, -0.1) is 0 Å². The van der Waals surface area contributed by atoms with E-state index >= 15 is 0 Å². The maximum Gasteiger partial charge on any atom is 0.186 e. The van der Waals surface area contributed by atoms with Crippen LogP contribution in [0.3, 0.4) is 0 Å². The Morgan fingerprint density at radius 1 is 1.47 bits per heavy atom. The predicted molar refractivity (Wildman–Crippen MR) is 60.6 cm³/mol. The summed E-state index contributed by atoms with van der Waals surface area (Å²) < 4.78 is 22.2. The van der Waals surface area contributed by atoms with E-state index in [-0.39, 0.29) is 16.4 Å². The van der Waals surface area contributed by atoms with E-state index in [2.05, 4.69) is 5.32 Å². The van der Waals surface area contributed by atoms with E-state index in [1.54, 1.807) is 6.07 Å². The van der Waals surface area contributed by atoms with Crippen LogP contribution in [-0.2, 0) is 9.84 Å². The fourth-order valence-electron chi connectivity index (χ4n) is 0.673. The highest BCUT2D eigenvalue weighted by atomic mass is 32.2. The number of sulfone groups is 1. The molecule has 0 aromatic rings. The topological polar surface area (TPSA) is 70.0 Å². The van der Waals surface area contributed by atoms with Crippen LogP contribution in [0.1, 0.15) is 27.7 Å². The molecular formula is C10H18N2O2S. The minimum absolute atomic E-state index is 0.00850. The normalized spacial score (nSPS) is 15.6. The average Bonchev–Trinajstić information content (AvgIpc) is 2.00. The van der Waals surface area contributed by atoms with Crippen LogP contribution in [0, 0.1) is 16.7 Å². The zero-order valence-corrected chi connectivity index (χ0v) is 10.6. The van der Waals surface area contributed by atoms with Crippen molar-refractivity contribution in [3.63, 3.8) is 0 Å². The Kier molecular flexibility index (Phi) is 4.35. The molecule has 0 fully saturated rings. The van der Waals surface area contributed by atoms with Crippen molar-refractivity contribution in [1.29, 1.82) is 5.26 Å². The van der Waals surface area contributed by atoms with E-state index < -0.39 is 9.84 Å². The lowest BCUT2D eigenvalue weighted by Crippen LogP contribution is -2.34. The number of allylic oxidation sites excluding steroid dienone is 1. The quantitative estimate of drug-likeness (QED) is 0.744. The smallest absolute Gasteiger partial charge is 0.186 e. The van der Waals surface area contributed by atoms with Crippen molar-refractivity contribution in [1.82, 2.24) is 5.32 Å². The molecule has 0 aliphatic heterocycles. The van der Waals surface area contributed by atoms with Gasteiger partial charge in [-0.2, -0.15) is 5.26 Å². The Balaban J connectivity index is 4.75. The number of nitrogens with zero attached hydrogens (tertiary/aromatic N) is 1. The molecule has 0 amide bonds. The zero-order valence-electron chi connectivity index (χ0n) is 9.83. The molecule has 1 unspecified atom stereocenters. The molecule has 0 saturated heterocycles. The van der Waals surface area contributed by atoms with Crippen LogP contribution in [0.4, 0.5) is 0 Å². The first-order valence-electron chi connectivity index (χ1n) is 4.65. The summed E-state index contributed by atoms with van der Waals surface area (Å²) in [5, 5.41) is 11.6. The van der Waals surface area contributed by atoms with E-state index in [1.807, 2.05) is 27.7 Å². The summed E-state index contributed by atoms with van der Waals surface area (Å²) >= 11 is 0. The van der Waals surface area contributed by atoms with Gasteiger partial charge >= 0.3 is 0 Å². The van der Waals surface area contributed by atoms with Gasteiger partial charge < -0.3 is 5.32 Å². The molecule has 0 rings (SSSR count). The van der Waals surface area contributed by atoms with E-state index in [4.69, 9.17) is 5.26 Å². The van der Waals surface area contributed by atoms with Crippen LogP contribution in [0.15, 0.2) is 11.1 Å². The highest BCUT2D eigenvalue weighted by Crippen LogP contribution is 2.18. The lowest BCUT2D eigenvalue weighted by atomic mass is 9.88. The molecule has 0 aromatic heterocycles. The lowest BCUT2D eigenvalue weighted by molar-refractivity contribution is 0.309. The lowest BCUT2D eigenvalue weighted by Gasteiger charge is -2.27. The highest BCUT2D eigenvalue weighted by molar-refractivity contribution is 7.94. The van der Waals surface area contributed by atoms with Gasteiger partial charge in [0.2, 0.25) is 0 Å². The third-order valence-electron chi connectivity index (χ3n) is 2.27. The third-order valence-corrected chi connectivity index (χ3v) is 3.28. The number of nitrogens with one attached hydrogen (secondary N) is 1. The summed E-state index contributed by atoms with van der Waals surface area (Å²) in [5.74, 6) is 0. The van der Waals surface area contributed by atoms with Gasteiger partial charge in [-0.25, -0.2) is 8.42 Å². The van der Waals surface area contributed by atoms with Crippen molar-refractivity contribution >= 4 is 9.84 Å². The largest absolute Gasteiger partial charge is 0.386 e. The Morgan fingerprint density at radius 3 is 2.20 bits per heavy atom. The van der Waals surface area contributed by atoms with Crippen LogP contribution >= 0.6 is 0 Å². The van der Waals surface area contributed by atoms with Crippen LogP contribution in [-0.4, -0.2) is 20.7 Å². The molecule has 0 bridgehead atoms. The van der Waals surface area contributed by atoms with Crippen LogP contribution < -0.4 is 5.32 Å². The van der Waals surface area contributed by atoms with Gasteiger partial charge in [-0.05, 0) is 12.3 Å². The standard InChI is InChI=1S/C10H18N2O2S/c1-8(10(2,3)4)12-7-9(6-11)15(5,13)14/h7-8,12H,1-5H3. The van der Waals surface area contributed by atoms with E-state index in [9.17, 15) is 8.42 Å². The first-order chi connectivity index (χ1) is 6.59. The van der Waals surface area contributed by atoms with Crippen molar-refractivity contribution < 1.29 is 8.42 Å². The Morgan fingerprint density at radius 2 is 1.93 bits per heavy atom. The molecule has 86 valence electrons. The second kappa shape index (κ2) is 4.67. The number of hydrogen-bond acceptors (Lipinski definition) is 4. The average molecular weight is 230 g/mol. The predicted octanol–water partition coefficient (Wildman–Crippen LogP) is 1.42. The van der Waals surface area contributed by atoms with Crippen LogP contribution in [0.25, 0.3) is 0 Å². The molecule has 1 atom stereocenters. The van der Waals surface area contributed by atoms with E-state index in [1.165, 1.54) is 6.20 Å².